The Balaban J connectivity index is 3.67. The predicted molar refractivity (Wildman–Crippen MR) is 54.6 cm³/mol. The zero-order chi connectivity index (χ0) is 10.1. The molecular formula is C11H22O2. The van der Waals surface area contributed by atoms with E-state index in [1.54, 1.807) is 0 Å². The molecule has 0 bridgehead atoms. The highest BCUT2D eigenvalue weighted by Crippen LogP contribution is 2.14. The van der Waals surface area contributed by atoms with Crippen LogP contribution >= 0.6 is 0 Å². The standard InChI is InChI=1S/C11H22O2/c1-4-7-8-9-10(5-2)11(12)13-6-3/h10H,4-9H2,1-3H3/t10-/m0/s1. The second-order valence-corrected chi connectivity index (χ2v) is 3.35. The molecule has 1 atom stereocenters. The van der Waals surface area contributed by atoms with Crippen LogP contribution in [0, 0.1) is 5.92 Å². The van der Waals surface area contributed by atoms with Gasteiger partial charge in [-0.2, -0.15) is 0 Å². The average molecular weight is 186 g/mol. The van der Waals surface area contributed by atoms with Gasteiger partial charge in [0.05, 0.1) is 12.5 Å². The Kier molecular flexibility index (Phi) is 7.76. The first kappa shape index (κ1) is 12.5. The summed E-state index contributed by atoms with van der Waals surface area (Å²) in [6, 6.07) is 0. The maximum atomic E-state index is 11.3. The average Bonchev–Trinajstić information content (AvgIpc) is 2.13. The summed E-state index contributed by atoms with van der Waals surface area (Å²) in [7, 11) is 0. The Bertz CT molecular complexity index is 132. The van der Waals surface area contributed by atoms with Gasteiger partial charge in [0.15, 0.2) is 0 Å². The normalized spacial score (nSPS) is 12.5. The smallest absolute Gasteiger partial charge is 0.308 e. The summed E-state index contributed by atoms with van der Waals surface area (Å²) in [4.78, 5) is 11.3. The van der Waals surface area contributed by atoms with E-state index in [1.807, 2.05) is 13.8 Å². The molecule has 0 amide bonds. The molecule has 0 saturated carbocycles. The number of ether oxygens (including phenoxy) is 1. The van der Waals surface area contributed by atoms with Gasteiger partial charge < -0.3 is 4.74 Å². The van der Waals surface area contributed by atoms with Gasteiger partial charge in [0.1, 0.15) is 0 Å². The first-order valence-corrected chi connectivity index (χ1v) is 5.42. The zero-order valence-corrected chi connectivity index (χ0v) is 9.14. The van der Waals surface area contributed by atoms with E-state index in [2.05, 4.69) is 6.92 Å². The van der Waals surface area contributed by atoms with E-state index in [9.17, 15) is 4.79 Å². The molecule has 0 saturated heterocycles. The monoisotopic (exact) mass is 186 g/mol. The van der Waals surface area contributed by atoms with Crippen molar-refractivity contribution < 1.29 is 9.53 Å². The van der Waals surface area contributed by atoms with Gasteiger partial charge in [0, 0.05) is 0 Å². The minimum absolute atomic E-state index is 0.0129. The van der Waals surface area contributed by atoms with Gasteiger partial charge in [-0.15, -0.1) is 0 Å². The molecule has 2 heteroatoms. The van der Waals surface area contributed by atoms with Crippen molar-refractivity contribution in [3.8, 4) is 0 Å². The van der Waals surface area contributed by atoms with Gasteiger partial charge >= 0.3 is 5.97 Å². The van der Waals surface area contributed by atoms with Crippen LogP contribution < -0.4 is 0 Å². The van der Waals surface area contributed by atoms with Crippen LogP contribution in [0.2, 0.25) is 0 Å². The first-order chi connectivity index (χ1) is 6.26. The molecule has 0 aromatic rings. The molecule has 0 unspecified atom stereocenters. The van der Waals surface area contributed by atoms with Crippen LogP contribution in [-0.2, 0) is 9.53 Å². The molecule has 0 heterocycles. The molecule has 0 aliphatic heterocycles. The molecule has 2 nitrogen and oxygen atoms in total. The molecule has 0 radical (unpaired) electrons. The number of rotatable bonds is 7. The summed E-state index contributed by atoms with van der Waals surface area (Å²) < 4.78 is 4.99. The second kappa shape index (κ2) is 8.09. The topological polar surface area (TPSA) is 26.3 Å². The van der Waals surface area contributed by atoms with E-state index < -0.39 is 0 Å². The van der Waals surface area contributed by atoms with Crippen molar-refractivity contribution in [2.45, 2.75) is 52.9 Å². The van der Waals surface area contributed by atoms with Crippen LogP contribution in [0.5, 0.6) is 0 Å². The Morgan fingerprint density at radius 1 is 1.23 bits per heavy atom. The highest BCUT2D eigenvalue weighted by molar-refractivity contribution is 5.72. The predicted octanol–water partition coefficient (Wildman–Crippen LogP) is 3.16. The van der Waals surface area contributed by atoms with E-state index >= 15 is 0 Å². The lowest BCUT2D eigenvalue weighted by molar-refractivity contribution is -0.148. The van der Waals surface area contributed by atoms with Crippen LogP contribution in [0.3, 0.4) is 0 Å². The summed E-state index contributed by atoms with van der Waals surface area (Å²) in [5.74, 6) is 0.118. The largest absolute Gasteiger partial charge is 0.466 e. The van der Waals surface area contributed by atoms with Crippen molar-refractivity contribution in [2.75, 3.05) is 6.61 Å². The Hall–Kier alpha value is -0.530. The lowest BCUT2D eigenvalue weighted by Crippen LogP contribution is -2.16. The number of unbranched alkanes of at least 4 members (excludes halogenated alkanes) is 2. The minimum Gasteiger partial charge on any atom is -0.466 e. The molecule has 0 rings (SSSR count). The van der Waals surface area contributed by atoms with Crippen molar-refractivity contribution in [3.63, 3.8) is 0 Å². The molecule has 78 valence electrons. The third-order valence-corrected chi connectivity index (χ3v) is 2.27. The van der Waals surface area contributed by atoms with Crippen LogP contribution in [-0.4, -0.2) is 12.6 Å². The molecule has 0 aliphatic carbocycles. The van der Waals surface area contributed by atoms with Crippen molar-refractivity contribution >= 4 is 5.97 Å². The fourth-order valence-corrected chi connectivity index (χ4v) is 1.39. The fourth-order valence-electron chi connectivity index (χ4n) is 1.39. The number of hydrogen-bond acceptors (Lipinski definition) is 2. The van der Waals surface area contributed by atoms with Crippen LogP contribution in [0.15, 0.2) is 0 Å². The third kappa shape index (κ3) is 5.67. The number of hydrogen-bond donors (Lipinski definition) is 0. The summed E-state index contributed by atoms with van der Waals surface area (Å²) in [6.07, 6.45) is 5.47. The van der Waals surface area contributed by atoms with Crippen molar-refractivity contribution in [3.05, 3.63) is 0 Å². The Morgan fingerprint density at radius 2 is 1.92 bits per heavy atom. The van der Waals surface area contributed by atoms with Crippen molar-refractivity contribution in [2.24, 2.45) is 5.92 Å². The summed E-state index contributed by atoms with van der Waals surface area (Å²) in [5, 5.41) is 0. The molecule has 0 spiro atoms. The van der Waals surface area contributed by atoms with Gasteiger partial charge in [0.25, 0.3) is 0 Å². The summed E-state index contributed by atoms with van der Waals surface area (Å²) >= 11 is 0. The lowest BCUT2D eigenvalue weighted by atomic mass is 9.99. The highest BCUT2D eigenvalue weighted by atomic mass is 16.5. The zero-order valence-electron chi connectivity index (χ0n) is 9.14. The third-order valence-electron chi connectivity index (χ3n) is 2.27. The molecule has 0 aromatic carbocycles. The molecule has 0 fully saturated rings. The van der Waals surface area contributed by atoms with E-state index in [1.165, 1.54) is 12.8 Å². The molecule has 0 aliphatic rings. The lowest BCUT2D eigenvalue weighted by Gasteiger charge is -2.12. The first-order valence-electron chi connectivity index (χ1n) is 5.42. The SMILES string of the molecule is CCCCC[C@H](CC)C(=O)OCC. The van der Waals surface area contributed by atoms with E-state index in [-0.39, 0.29) is 11.9 Å². The maximum Gasteiger partial charge on any atom is 0.308 e. The van der Waals surface area contributed by atoms with E-state index in [0.29, 0.717) is 6.61 Å². The minimum atomic E-state index is -0.0129. The van der Waals surface area contributed by atoms with Gasteiger partial charge in [-0.25, -0.2) is 0 Å². The second-order valence-electron chi connectivity index (χ2n) is 3.35. The Morgan fingerprint density at radius 3 is 2.38 bits per heavy atom. The molecular weight excluding hydrogens is 164 g/mol. The molecule has 13 heavy (non-hydrogen) atoms. The van der Waals surface area contributed by atoms with Gasteiger partial charge in [-0.05, 0) is 19.8 Å². The quantitative estimate of drug-likeness (QED) is 0.451. The molecule has 0 aromatic heterocycles. The maximum absolute atomic E-state index is 11.3. The van der Waals surface area contributed by atoms with Gasteiger partial charge in [0.2, 0.25) is 0 Å². The van der Waals surface area contributed by atoms with Crippen LogP contribution in [0.25, 0.3) is 0 Å². The Labute approximate surface area is 81.7 Å². The number of esters is 1. The van der Waals surface area contributed by atoms with Gasteiger partial charge in [-0.3, -0.25) is 4.79 Å². The van der Waals surface area contributed by atoms with E-state index in [0.717, 1.165) is 19.3 Å². The summed E-state index contributed by atoms with van der Waals surface area (Å²) in [5.41, 5.74) is 0. The van der Waals surface area contributed by atoms with Crippen LogP contribution in [0.1, 0.15) is 52.9 Å². The fraction of sp³-hybridized carbons (Fsp3) is 0.909. The van der Waals surface area contributed by atoms with Gasteiger partial charge in [-0.1, -0.05) is 33.1 Å². The van der Waals surface area contributed by atoms with Crippen molar-refractivity contribution in [1.29, 1.82) is 0 Å². The van der Waals surface area contributed by atoms with Crippen LogP contribution in [0.4, 0.5) is 0 Å². The number of carbonyl (C=O) groups excluding carboxylic acids is 1. The summed E-state index contributed by atoms with van der Waals surface area (Å²) in [6.45, 7) is 6.58. The highest BCUT2D eigenvalue weighted by Gasteiger charge is 2.16. The number of carbonyl (C=O) groups is 1. The van der Waals surface area contributed by atoms with E-state index in [4.69, 9.17) is 4.74 Å². The molecule has 0 N–H and O–H groups in total. The van der Waals surface area contributed by atoms with Crippen molar-refractivity contribution in [1.82, 2.24) is 0 Å².